The summed E-state index contributed by atoms with van der Waals surface area (Å²) in [7, 11) is 0. The molecule has 0 saturated heterocycles. The number of thiophene rings is 1. The van der Waals surface area contributed by atoms with Crippen LogP contribution in [0.15, 0.2) is 35.7 Å². The summed E-state index contributed by atoms with van der Waals surface area (Å²) in [5.74, 6) is 0. The molecule has 0 bridgehead atoms. The quantitative estimate of drug-likeness (QED) is 0.575. The molecule has 1 aromatic carbocycles. The molecule has 0 spiro atoms. The van der Waals surface area contributed by atoms with Crippen LogP contribution in [0.25, 0.3) is 0 Å². The maximum absolute atomic E-state index is 6.27. The van der Waals surface area contributed by atoms with Crippen molar-refractivity contribution in [2.45, 2.75) is 58.0 Å². The zero-order valence-corrected chi connectivity index (χ0v) is 17.2. The minimum atomic E-state index is 0.280. The van der Waals surface area contributed by atoms with Crippen LogP contribution in [-0.4, -0.2) is 16.1 Å². The minimum Gasteiger partial charge on any atom is -0.338 e. The molecule has 2 nitrogen and oxygen atoms in total. The fourth-order valence-corrected chi connectivity index (χ4v) is 4.98. The van der Waals surface area contributed by atoms with Crippen molar-refractivity contribution < 1.29 is 0 Å². The Morgan fingerprint density at radius 1 is 1.24 bits per heavy atom. The van der Waals surface area contributed by atoms with E-state index in [-0.39, 0.29) is 6.04 Å². The fraction of sp³-hybridized carbons (Fsp3) is 0.450. The zero-order valence-electron chi connectivity index (χ0n) is 14.8. The molecule has 2 aromatic rings. The number of anilines is 1. The average Bonchev–Trinajstić information content (AvgIpc) is 3.15. The third kappa shape index (κ3) is 4.36. The lowest BCUT2D eigenvalue weighted by Gasteiger charge is -2.40. The second kappa shape index (κ2) is 8.52. The van der Waals surface area contributed by atoms with Crippen molar-refractivity contribution in [3.05, 3.63) is 51.2 Å². The molecular formula is C20H25ClN2S2. The molecule has 0 aliphatic heterocycles. The number of thiocarbonyl (C=S) groups is 1. The first kappa shape index (κ1) is 18.7. The largest absolute Gasteiger partial charge is 0.338 e. The summed E-state index contributed by atoms with van der Waals surface area (Å²) >= 11 is 13.9. The van der Waals surface area contributed by atoms with Crippen molar-refractivity contribution in [1.82, 2.24) is 4.90 Å². The highest BCUT2D eigenvalue weighted by atomic mass is 35.5. The van der Waals surface area contributed by atoms with E-state index in [1.54, 1.807) is 11.3 Å². The van der Waals surface area contributed by atoms with Gasteiger partial charge in [0, 0.05) is 21.6 Å². The maximum atomic E-state index is 6.27. The number of hydrogen-bond acceptors (Lipinski definition) is 2. The fourth-order valence-electron chi connectivity index (χ4n) is 3.61. The Balaban J connectivity index is 1.85. The highest BCUT2D eigenvalue weighted by Gasteiger charge is 2.29. The number of rotatable bonds is 4. The van der Waals surface area contributed by atoms with E-state index >= 15 is 0 Å². The van der Waals surface area contributed by atoms with Gasteiger partial charge in [-0.15, -0.1) is 11.3 Å². The van der Waals surface area contributed by atoms with Gasteiger partial charge in [0.25, 0.3) is 0 Å². The van der Waals surface area contributed by atoms with Crippen LogP contribution in [0.2, 0.25) is 5.02 Å². The molecule has 134 valence electrons. The lowest BCUT2D eigenvalue weighted by atomic mass is 9.93. The molecule has 1 atom stereocenters. The summed E-state index contributed by atoms with van der Waals surface area (Å²) in [6.07, 6.45) is 6.34. The van der Waals surface area contributed by atoms with Gasteiger partial charge in [-0.3, -0.25) is 0 Å². The number of halogens is 1. The van der Waals surface area contributed by atoms with E-state index in [0.29, 0.717) is 6.04 Å². The van der Waals surface area contributed by atoms with Crippen LogP contribution >= 0.6 is 35.2 Å². The molecule has 0 amide bonds. The Morgan fingerprint density at radius 3 is 2.68 bits per heavy atom. The van der Waals surface area contributed by atoms with Crippen LogP contribution in [0.3, 0.4) is 0 Å². The minimum absolute atomic E-state index is 0.280. The second-order valence-electron chi connectivity index (χ2n) is 6.73. The van der Waals surface area contributed by atoms with Gasteiger partial charge in [-0.1, -0.05) is 43.0 Å². The predicted octanol–water partition coefficient (Wildman–Crippen LogP) is 6.80. The summed E-state index contributed by atoms with van der Waals surface area (Å²) in [6.45, 7) is 4.29. The third-order valence-electron chi connectivity index (χ3n) is 5.08. The summed E-state index contributed by atoms with van der Waals surface area (Å²) in [5, 5.41) is 7.18. The first-order valence-corrected chi connectivity index (χ1v) is 10.6. The Hall–Kier alpha value is -1.10. The van der Waals surface area contributed by atoms with Crippen LogP contribution in [0.4, 0.5) is 5.69 Å². The van der Waals surface area contributed by atoms with Crippen molar-refractivity contribution in [3.63, 3.8) is 0 Å². The average molecular weight is 393 g/mol. The monoisotopic (exact) mass is 392 g/mol. The molecule has 3 rings (SSSR count). The number of nitrogens with one attached hydrogen (secondary N) is 1. The van der Waals surface area contributed by atoms with E-state index in [0.717, 1.165) is 21.4 Å². The first-order chi connectivity index (χ1) is 12.1. The number of nitrogens with zero attached hydrogens (tertiary/aromatic N) is 1. The van der Waals surface area contributed by atoms with E-state index in [2.05, 4.69) is 34.7 Å². The van der Waals surface area contributed by atoms with Gasteiger partial charge in [0.1, 0.15) is 0 Å². The normalized spacial score (nSPS) is 16.4. The molecule has 1 N–H and O–H groups in total. The van der Waals surface area contributed by atoms with E-state index in [1.165, 1.54) is 37.0 Å². The van der Waals surface area contributed by atoms with Crippen molar-refractivity contribution in [3.8, 4) is 0 Å². The molecule has 1 aliphatic carbocycles. The molecule has 1 heterocycles. The Bertz CT molecular complexity index is 708. The molecule has 1 aromatic heterocycles. The van der Waals surface area contributed by atoms with E-state index in [1.807, 2.05) is 25.1 Å². The SMILES string of the molecule is Cc1c(Cl)cccc1NC(=S)N(C1CCCCC1)[C@H](C)c1cccs1. The Labute approximate surface area is 165 Å². The van der Waals surface area contributed by atoms with E-state index in [9.17, 15) is 0 Å². The third-order valence-corrected chi connectivity index (χ3v) is 6.85. The van der Waals surface area contributed by atoms with E-state index in [4.69, 9.17) is 23.8 Å². The molecule has 25 heavy (non-hydrogen) atoms. The highest BCUT2D eigenvalue weighted by Crippen LogP contribution is 2.33. The number of hydrogen-bond donors (Lipinski definition) is 1. The lowest BCUT2D eigenvalue weighted by molar-refractivity contribution is 0.205. The molecule has 0 unspecified atom stereocenters. The maximum Gasteiger partial charge on any atom is 0.174 e. The van der Waals surface area contributed by atoms with Gasteiger partial charge in [-0.25, -0.2) is 0 Å². The van der Waals surface area contributed by atoms with Gasteiger partial charge < -0.3 is 10.2 Å². The lowest BCUT2D eigenvalue weighted by Crippen LogP contribution is -2.45. The van der Waals surface area contributed by atoms with Crippen LogP contribution < -0.4 is 5.32 Å². The molecular weight excluding hydrogens is 368 g/mol. The van der Waals surface area contributed by atoms with Crippen LogP contribution in [-0.2, 0) is 0 Å². The summed E-state index contributed by atoms with van der Waals surface area (Å²) < 4.78 is 0. The predicted molar refractivity (Wildman–Crippen MR) is 114 cm³/mol. The molecule has 1 saturated carbocycles. The van der Waals surface area contributed by atoms with Crippen LogP contribution in [0, 0.1) is 6.92 Å². The topological polar surface area (TPSA) is 15.3 Å². The van der Waals surface area contributed by atoms with E-state index < -0.39 is 0 Å². The summed E-state index contributed by atoms with van der Waals surface area (Å²) in [4.78, 5) is 3.78. The van der Waals surface area contributed by atoms with Crippen LogP contribution in [0.5, 0.6) is 0 Å². The van der Waals surface area contributed by atoms with Gasteiger partial charge in [-0.2, -0.15) is 0 Å². The van der Waals surface area contributed by atoms with Gasteiger partial charge >= 0.3 is 0 Å². The van der Waals surface area contributed by atoms with Crippen LogP contribution in [0.1, 0.15) is 55.5 Å². The second-order valence-corrected chi connectivity index (χ2v) is 8.51. The first-order valence-electron chi connectivity index (χ1n) is 8.95. The van der Waals surface area contributed by atoms with Gasteiger partial charge in [0.05, 0.1) is 6.04 Å². The van der Waals surface area contributed by atoms with Crippen molar-refractivity contribution in [2.24, 2.45) is 0 Å². The molecule has 5 heteroatoms. The smallest absolute Gasteiger partial charge is 0.174 e. The Kier molecular flexibility index (Phi) is 6.37. The van der Waals surface area contributed by atoms with Crippen molar-refractivity contribution in [2.75, 3.05) is 5.32 Å². The summed E-state index contributed by atoms with van der Waals surface area (Å²) in [5.41, 5.74) is 2.04. The van der Waals surface area contributed by atoms with Gasteiger partial charge in [0.2, 0.25) is 0 Å². The highest BCUT2D eigenvalue weighted by molar-refractivity contribution is 7.80. The molecule has 1 fully saturated rings. The molecule has 1 aliphatic rings. The van der Waals surface area contributed by atoms with Crippen molar-refractivity contribution >= 4 is 46.0 Å². The van der Waals surface area contributed by atoms with Gasteiger partial charge in [-0.05, 0) is 68.0 Å². The van der Waals surface area contributed by atoms with Crippen molar-refractivity contribution in [1.29, 1.82) is 0 Å². The molecule has 0 radical (unpaired) electrons. The standard InChI is InChI=1S/C20H25ClN2S2/c1-14-17(21)10-6-11-18(14)22-20(24)23(16-8-4-3-5-9-16)15(2)19-12-7-13-25-19/h6-7,10-13,15-16H,3-5,8-9H2,1-2H3,(H,22,24)/t15-/m1/s1. The zero-order chi connectivity index (χ0) is 17.8. The summed E-state index contributed by atoms with van der Waals surface area (Å²) in [6, 6.07) is 11.0. The Morgan fingerprint density at radius 2 is 2.00 bits per heavy atom. The van der Waals surface area contributed by atoms with Gasteiger partial charge in [0.15, 0.2) is 5.11 Å². The number of benzene rings is 1.